The minimum atomic E-state index is 0.693. The topological polar surface area (TPSA) is 3.24 Å². The summed E-state index contributed by atoms with van der Waals surface area (Å²) in [4.78, 5) is 4.61. The summed E-state index contributed by atoms with van der Waals surface area (Å²) in [7, 11) is 2.27. The molecule has 0 aliphatic heterocycles. The van der Waals surface area contributed by atoms with E-state index in [9.17, 15) is 0 Å². The highest BCUT2D eigenvalue weighted by molar-refractivity contribution is 9.09. The third-order valence-corrected chi connectivity index (χ3v) is 5.73. The van der Waals surface area contributed by atoms with Gasteiger partial charge in [0.25, 0.3) is 0 Å². The van der Waals surface area contributed by atoms with Crippen LogP contribution in [0, 0.1) is 0 Å². The molecular weight excluding hydrogens is 306 g/mol. The Hall–Kier alpha value is 0.01000. The van der Waals surface area contributed by atoms with Crippen LogP contribution < -0.4 is 0 Å². The van der Waals surface area contributed by atoms with Crippen LogP contribution in [-0.2, 0) is 0 Å². The van der Waals surface area contributed by atoms with Crippen molar-refractivity contribution in [2.24, 2.45) is 0 Å². The minimum Gasteiger partial charge on any atom is -0.301 e. The molecule has 1 aliphatic carbocycles. The van der Waals surface area contributed by atoms with Gasteiger partial charge in [0, 0.05) is 28.1 Å². The van der Waals surface area contributed by atoms with Crippen molar-refractivity contribution in [2.45, 2.75) is 41.4 Å². The second-order valence-corrected chi connectivity index (χ2v) is 7.35. The highest BCUT2D eigenvalue weighted by atomic mass is 79.9. The van der Waals surface area contributed by atoms with Crippen molar-refractivity contribution in [3.05, 3.63) is 30.3 Å². The zero-order chi connectivity index (χ0) is 12.8. The molecule has 18 heavy (non-hydrogen) atoms. The van der Waals surface area contributed by atoms with E-state index < -0.39 is 0 Å². The van der Waals surface area contributed by atoms with Gasteiger partial charge in [-0.1, -0.05) is 47.0 Å². The van der Waals surface area contributed by atoms with Gasteiger partial charge in [0.1, 0.15) is 0 Å². The largest absolute Gasteiger partial charge is 0.301 e. The number of thioether (sulfide) groups is 1. The van der Waals surface area contributed by atoms with Crippen LogP contribution in [0.2, 0.25) is 0 Å². The smallest absolute Gasteiger partial charge is 0.0301 e. The van der Waals surface area contributed by atoms with Crippen LogP contribution in [0.3, 0.4) is 0 Å². The highest BCUT2D eigenvalue weighted by Gasteiger charge is 2.25. The molecule has 0 aromatic heterocycles. The lowest BCUT2D eigenvalue weighted by atomic mass is 9.94. The fraction of sp³-hybridized carbons (Fsp3) is 0.600. The van der Waals surface area contributed by atoms with E-state index in [1.54, 1.807) is 0 Å². The van der Waals surface area contributed by atoms with E-state index in [4.69, 9.17) is 0 Å². The van der Waals surface area contributed by atoms with Crippen LogP contribution in [0.25, 0.3) is 0 Å². The van der Waals surface area contributed by atoms with Gasteiger partial charge in [-0.2, -0.15) is 0 Å². The number of hydrogen-bond donors (Lipinski definition) is 0. The first kappa shape index (κ1) is 14.4. The van der Waals surface area contributed by atoms with Crippen molar-refractivity contribution in [1.82, 2.24) is 4.90 Å². The molecule has 2 rings (SSSR count). The third kappa shape index (κ3) is 4.29. The molecule has 1 aromatic rings. The second kappa shape index (κ2) is 7.56. The van der Waals surface area contributed by atoms with Crippen LogP contribution >= 0.6 is 27.7 Å². The number of rotatable bonds is 5. The van der Waals surface area contributed by atoms with E-state index in [-0.39, 0.29) is 0 Å². The second-order valence-electron chi connectivity index (χ2n) is 5.01. The van der Waals surface area contributed by atoms with E-state index in [2.05, 4.69) is 58.2 Å². The van der Waals surface area contributed by atoms with Gasteiger partial charge in [0.15, 0.2) is 0 Å². The van der Waals surface area contributed by atoms with Gasteiger partial charge < -0.3 is 4.90 Å². The standard InChI is InChI=1S/C15H22BrNS/c1-17(15-10-6-5-9-14(15)16)11-12-18-13-7-3-2-4-8-13/h2-4,7-8,14-15H,5-6,9-12H2,1H3. The maximum Gasteiger partial charge on any atom is 0.0301 e. The first-order valence-electron chi connectivity index (χ1n) is 6.79. The van der Waals surface area contributed by atoms with Gasteiger partial charge in [0.05, 0.1) is 0 Å². The van der Waals surface area contributed by atoms with E-state index in [1.165, 1.54) is 42.9 Å². The molecule has 0 heterocycles. The van der Waals surface area contributed by atoms with Crippen LogP contribution in [0.15, 0.2) is 35.2 Å². The molecule has 0 radical (unpaired) electrons. The van der Waals surface area contributed by atoms with Crippen LogP contribution in [0.4, 0.5) is 0 Å². The molecule has 0 saturated heterocycles. The Balaban J connectivity index is 1.72. The summed E-state index contributed by atoms with van der Waals surface area (Å²) in [6.07, 6.45) is 5.46. The number of alkyl halides is 1. The Morgan fingerprint density at radius 2 is 1.94 bits per heavy atom. The van der Waals surface area contributed by atoms with Crippen molar-refractivity contribution in [1.29, 1.82) is 0 Å². The van der Waals surface area contributed by atoms with Crippen molar-refractivity contribution in [3.63, 3.8) is 0 Å². The number of benzene rings is 1. The summed E-state index contributed by atoms with van der Waals surface area (Å²) in [5.41, 5.74) is 0. The Morgan fingerprint density at radius 3 is 2.67 bits per heavy atom. The summed E-state index contributed by atoms with van der Waals surface area (Å²) in [5.74, 6) is 1.18. The molecular formula is C15H22BrNS. The lowest BCUT2D eigenvalue weighted by Gasteiger charge is -2.35. The summed E-state index contributed by atoms with van der Waals surface area (Å²) < 4.78 is 0. The summed E-state index contributed by atoms with van der Waals surface area (Å²) >= 11 is 5.80. The lowest BCUT2D eigenvalue weighted by molar-refractivity contribution is 0.211. The molecule has 1 aliphatic rings. The molecule has 1 nitrogen and oxygen atoms in total. The van der Waals surface area contributed by atoms with Gasteiger partial charge in [0.2, 0.25) is 0 Å². The SMILES string of the molecule is CN(CCSc1ccccc1)C1CCCCC1Br. The van der Waals surface area contributed by atoms with E-state index in [0.717, 1.165) is 6.04 Å². The average molecular weight is 328 g/mol. The summed E-state index contributed by atoms with van der Waals surface area (Å²) in [6, 6.07) is 11.4. The fourth-order valence-corrected chi connectivity index (χ4v) is 4.51. The predicted octanol–water partition coefficient (Wildman–Crippen LogP) is 4.42. The van der Waals surface area contributed by atoms with Crippen molar-refractivity contribution in [2.75, 3.05) is 19.3 Å². The van der Waals surface area contributed by atoms with Gasteiger partial charge in [-0.25, -0.2) is 0 Å². The zero-order valence-electron chi connectivity index (χ0n) is 11.0. The summed E-state index contributed by atoms with van der Waals surface area (Å²) in [6.45, 7) is 1.17. The van der Waals surface area contributed by atoms with Crippen molar-refractivity contribution >= 4 is 27.7 Å². The molecule has 3 heteroatoms. The fourth-order valence-electron chi connectivity index (χ4n) is 2.55. The van der Waals surface area contributed by atoms with Crippen LogP contribution in [0.1, 0.15) is 25.7 Å². The van der Waals surface area contributed by atoms with Crippen LogP contribution in [-0.4, -0.2) is 35.1 Å². The van der Waals surface area contributed by atoms with Crippen molar-refractivity contribution < 1.29 is 0 Å². The number of hydrogen-bond acceptors (Lipinski definition) is 2. The molecule has 1 fully saturated rings. The van der Waals surface area contributed by atoms with E-state index in [0.29, 0.717) is 4.83 Å². The Morgan fingerprint density at radius 1 is 1.22 bits per heavy atom. The number of nitrogens with zero attached hydrogens (tertiary/aromatic N) is 1. The maximum absolute atomic E-state index is 3.84. The molecule has 2 unspecified atom stereocenters. The average Bonchev–Trinajstić information content (AvgIpc) is 2.40. The molecule has 0 spiro atoms. The molecule has 1 saturated carbocycles. The number of halogens is 1. The third-order valence-electron chi connectivity index (χ3n) is 3.67. The van der Waals surface area contributed by atoms with Gasteiger partial charge in [-0.15, -0.1) is 11.8 Å². The first-order chi connectivity index (χ1) is 8.77. The molecule has 0 N–H and O–H groups in total. The Labute approximate surface area is 123 Å². The first-order valence-corrected chi connectivity index (χ1v) is 8.69. The minimum absolute atomic E-state index is 0.693. The van der Waals surface area contributed by atoms with Gasteiger partial charge >= 0.3 is 0 Å². The van der Waals surface area contributed by atoms with Crippen molar-refractivity contribution in [3.8, 4) is 0 Å². The maximum atomic E-state index is 3.84. The molecule has 1 aromatic carbocycles. The monoisotopic (exact) mass is 327 g/mol. The van der Waals surface area contributed by atoms with E-state index in [1.807, 2.05) is 11.8 Å². The van der Waals surface area contributed by atoms with Crippen LogP contribution in [0.5, 0.6) is 0 Å². The normalized spacial score (nSPS) is 24.4. The predicted molar refractivity (Wildman–Crippen MR) is 84.8 cm³/mol. The van der Waals surface area contributed by atoms with Gasteiger partial charge in [-0.05, 0) is 32.0 Å². The summed E-state index contributed by atoms with van der Waals surface area (Å²) in [5, 5.41) is 0. The molecule has 2 atom stereocenters. The molecule has 0 bridgehead atoms. The highest BCUT2D eigenvalue weighted by Crippen LogP contribution is 2.28. The Bertz CT molecular complexity index is 344. The lowest BCUT2D eigenvalue weighted by Crippen LogP contribution is -2.41. The zero-order valence-corrected chi connectivity index (χ0v) is 13.4. The molecule has 0 amide bonds. The molecule has 100 valence electrons. The van der Waals surface area contributed by atoms with E-state index >= 15 is 0 Å². The quantitative estimate of drug-likeness (QED) is 0.581. The Kier molecular flexibility index (Phi) is 6.06. The van der Waals surface area contributed by atoms with Gasteiger partial charge in [-0.3, -0.25) is 0 Å².